The molecule has 0 aliphatic heterocycles. The number of hydrogen-bond donors (Lipinski definition) is 0. The van der Waals surface area contributed by atoms with E-state index >= 15 is 0 Å². The van der Waals surface area contributed by atoms with E-state index < -0.39 is 0 Å². The maximum Gasteiger partial charge on any atom is 0.187 e. The number of pyridine rings is 1. The van der Waals surface area contributed by atoms with Gasteiger partial charge in [0.2, 0.25) is 0 Å². The molecular weight excluding hydrogens is 308 g/mol. The molecule has 0 saturated heterocycles. The van der Waals surface area contributed by atoms with Crippen LogP contribution < -0.4 is 0 Å². The lowest BCUT2D eigenvalue weighted by Gasteiger charge is -2.01. The van der Waals surface area contributed by atoms with Crippen LogP contribution in [0.1, 0.15) is 12.5 Å². The van der Waals surface area contributed by atoms with Gasteiger partial charge in [-0.3, -0.25) is 4.40 Å². The van der Waals surface area contributed by atoms with Gasteiger partial charge in [0.25, 0.3) is 0 Å². The van der Waals surface area contributed by atoms with E-state index in [9.17, 15) is 0 Å². The predicted molar refractivity (Wildman–Crippen MR) is 101 cm³/mol. The fourth-order valence-corrected chi connectivity index (χ4v) is 2.77. The first-order chi connectivity index (χ1) is 12.3. The third-order valence-corrected chi connectivity index (χ3v) is 4.16. The normalized spacial score (nSPS) is 11.4. The Morgan fingerprint density at radius 3 is 2.36 bits per heavy atom. The molecule has 2 aromatic carbocycles. The summed E-state index contributed by atoms with van der Waals surface area (Å²) in [5.41, 5.74) is 4.87. The number of benzene rings is 2. The number of rotatable bonds is 4. The van der Waals surface area contributed by atoms with Crippen LogP contribution in [-0.4, -0.2) is 9.38 Å². The molecule has 0 spiro atoms. The highest BCUT2D eigenvalue weighted by atomic mass is 15.2. The van der Waals surface area contributed by atoms with E-state index in [1.165, 1.54) is 5.56 Å². The molecule has 0 N–H and O–H groups in total. The van der Waals surface area contributed by atoms with Gasteiger partial charge in [-0.05, 0) is 36.2 Å². The van der Waals surface area contributed by atoms with Gasteiger partial charge in [0.15, 0.2) is 5.82 Å². The van der Waals surface area contributed by atoms with Crippen molar-refractivity contribution in [3.63, 3.8) is 0 Å². The number of fused-ring (bicyclic) bond motifs is 1. The molecule has 0 atom stereocenters. The topological polar surface area (TPSA) is 42.0 Å². The second-order valence-corrected chi connectivity index (χ2v) is 5.80. The van der Waals surface area contributed by atoms with E-state index in [2.05, 4.69) is 41.4 Å². The second kappa shape index (κ2) is 6.69. The maximum absolute atomic E-state index is 4.76. The number of imidazole rings is 1. The van der Waals surface area contributed by atoms with Crippen LogP contribution in [0.5, 0.6) is 0 Å². The third kappa shape index (κ3) is 3.06. The minimum absolute atomic E-state index is 0.740. The molecule has 4 nitrogen and oxygen atoms in total. The molecule has 122 valence electrons. The molecule has 0 aliphatic rings. The zero-order chi connectivity index (χ0) is 17.1. The molecule has 25 heavy (non-hydrogen) atoms. The monoisotopic (exact) mass is 326 g/mol. The minimum atomic E-state index is 0.740. The maximum atomic E-state index is 4.76. The highest BCUT2D eigenvalue weighted by Gasteiger charge is 2.13. The Morgan fingerprint density at radius 1 is 0.840 bits per heavy atom. The number of azo groups is 1. The number of aryl methyl sites for hydroxylation is 1. The average Bonchev–Trinajstić information content (AvgIpc) is 3.06. The Morgan fingerprint density at radius 2 is 1.60 bits per heavy atom. The van der Waals surface area contributed by atoms with Crippen LogP contribution in [0.2, 0.25) is 0 Å². The molecule has 0 fully saturated rings. The van der Waals surface area contributed by atoms with Crippen LogP contribution in [0.15, 0.2) is 89.2 Å². The fourth-order valence-electron chi connectivity index (χ4n) is 2.77. The smallest absolute Gasteiger partial charge is 0.187 e. The van der Waals surface area contributed by atoms with E-state index in [4.69, 9.17) is 4.98 Å². The van der Waals surface area contributed by atoms with Crippen molar-refractivity contribution in [1.29, 1.82) is 0 Å². The van der Waals surface area contributed by atoms with E-state index in [1.54, 1.807) is 0 Å². The molecule has 0 bridgehead atoms. The van der Waals surface area contributed by atoms with Gasteiger partial charge < -0.3 is 0 Å². The number of nitrogens with zero attached hydrogens (tertiary/aromatic N) is 4. The van der Waals surface area contributed by atoms with Crippen molar-refractivity contribution in [3.05, 3.63) is 84.6 Å². The second-order valence-electron chi connectivity index (χ2n) is 5.80. The van der Waals surface area contributed by atoms with Crippen molar-refractivity contribution in [2.24, 2.45) is 10.2 Å². The summed E-state index contributed by atoms with van der Waals surface area (Å²) < 4.78 is 1.97. The fraction of sp³-hybridized carbons (Fsp3) is 0.0952. The van der Waals surface area contributed by atoms with Gasteiger partial charge in [-0.15, -0.1) is 10.2 Å². The van der Waals surface area contributed by atoms with Crippen molar-refractivity contribution in [2.75, 3.05) is 0 Å². The summed E-state index contributed by atoms with van der Waals surface area (Å²) in [6, 6.07) is 24.1. The van der Waals surface area contributed by atoms with Crippen molar-refractivity contribution in [1.82, 2.24) is 9.38 Å². The van der Waals surface area contributed by atoms with Crippen LogP contribution in [0.3, 0.4) is 0 Å². The van der Waals surface area contributed by atoms with Gasteiger partial charge in [0.1, 0.15) is 11.3 Å². The summed E-state index contributed by atoms with van der Waals surface area (Å²) in [6.45, 7) is 2.15. The van der Waals surface area contributed by atoms with E-state index in [-0.39, 0.29) is 0 Å². The van der Waals surface area contributed by atoms with E-state index in [0.717, 1.165) is 34.8 Å². The molecule has 0 aliphatic carbocycles. The summed E-state index contributed by atoms with van der Waals surface area (Å²) in [7, 11) is 0. The average molecular weight is 326 g/mol. The van der Waals surface area contributed by atoms with Gasteiger partial charge in [-0.25, -0.2) is 4.98 Å². The molecule has 0 saturated carbocycles. The standard InChI is InChI=1S/C21H18N4/c1-2-16-11-13-17(14-12-16)20-21(24-23-18-8-4-3-5-9-18)25-15-7-6-10-19(25)22-20/h3-15H,2H2,1H3. The van der Waals surface area contributed by atoms with E-state index in [1.807, 2.05) is 59.1 Å². The van der Waals surface area contributed by atoms with Crippen LogP contribution in [0.4, 0.5) is 11.5 Å². The Bertz CT molecular complexity index is 1010. The van der Waals surface area contributed by atoms with E-state index in [0.29, 0.717) is 0 Å². The zero-order valence-corrected chi connectivity index (χ0v) is 14.0. The first-order valence-corrected chi connectivity index (χ1v) is 8.38. The Hall–Kier alpha value is -3.27. The number of hydrogen-bond acceptors (Lipinski definition) is 3. The molecular formula is C21H18N4. The first kappa shape index (κ1) is 15.3. The summed E-state index contributed by atoms with van der Waals surface area (Å²) in [4.78, 5) is 4.76. The lowest BCUT2D eigenvalue weighted by molar-refractivity contribution is 1.10. The van der Waals surface area contributed by atoms with Crippen molar-refractivity contribution in [2.45, 2.75) is 13.3 Å². The molecule has 2 aromatic heterocycles. The largest absolute Gasteiger partial charge is 0.283 e. The van der Waals surface area contributed by atoms with Crippen LogP contribution in [-0.2, 0) is 6.42 Å². The molecule has 4 aromatic rings. The van der Waals surface area contributed by atoms with Gasteiger partial charge >= 0.3 is 0 Å². The predicted octanol–water partition coefficient (Wildman–Crippen LogP) is 5.98. The van der Waals surface area contributed by atoms with Crippen LogP contribution in [0, 0.1) is 0 Å². The van der Waals surface area contributed by atoms with Crippen molar-refractivity contribution >= 4 is 17.2 Å². The van der Waals surface area contributed by atoms with Crippen molar-refractivity contribution in [3.8, 4) is 11.3 Å². The molecule has 0 radical (unpaired) electrons. The number of aromatic nitrogens is 2. The summed E-state index contributed by atoms with van der Waals surface area (Å²) in [5, 5.41) is 8.89. The Balaban J connectivity index is 1.84. The highest BCUT2D eigenvalue weighted by molar-refractivity contribution is 5.74. The minimum Gasteiger partial charge on any atom is -0.283 e. The highest BCUT2D eigenvalue weighted by Crippen LogP contribution is 2.32. The lowest BCUT2D eigenvalue weighted by Crippen LogP contribution is -1.83. The lowest BCUT2D eigenvalue weighted by atomic mass is 10.1. The molecule has 4 rings (SSSR count). The summed E-state index contributed by atoms with van der Waals surface area (Å²) in [6.07, 6.45) is 2.98. The molecule has 2 heterocycles. The Kier molecular flexibility index (Phi) is 4.09. The summed E-state index contributed by atoms with van der Waals surface area (Å²) >= 11 is 0. The van der Waals surface area contributed by atoms with Gasteiger partial charge in [-0.1, -0.05) is 55.5 Å². The zero-order valence-electron chi connectivity index (χ0n) is 14.0. The van der Waals surface area contributed by atoms with Crippen LogP contribution in [0.25, 0.3) is 16.9 Å². The molecule has 0 unspecified atom stereocenters. The van der Waals surface area contributed by atoms with Crippen molar-refractivity contribution < 1.29 is 0 Å². The van der Waals surface area contributed by atoms with Gasteiger partial charge in [-0.2, -0.15) is 0 Å². The summed E-state index contributed by atoms with van der Waals surface area (Å²) in [5.74, 6) is 0.740. The first-order valence-electron chi connectivity index (χ1n) is 8.38. The van der Waals surface area contributed by atoms with Gasteiger partial charge in [0, 0.05) is 11.8 Å². The quantitative estimate of drug-likeness (QED) is 0.425. The van der Waals surface area contributed by atoms with Gasteiger partial charge in [0.05, 0.1) is 5.69 Å². The Labute approximate surface area is 146 Å². The SMILES string of the molecule is CCc1ccc(-c2nc3ccccn3c2N=Nc2ccccc2)cc1. The molecule has 4 heteroatoms. The third-order valence-electron chi connectivity index (χ3n) is 4.16. The molecule has 0 amide bonds. The van der Waals surface area contributed by atoms with Crippen LogP contribution >= 0.6 is 0 Å².